The van der Waals surface area contributed by atoms with Crippen molar-refractivity contribution in [1.29, 1.82) is 0 Å². The van der Waals surface area contributed by atoms with E-state index in [1.807, 2.05) is 30.5 Å². The van der Waals surface area contributed by atoms with Gasteiger partial charge in [-0.25, -0.2) is 4.98 Å². The van der Waals surface area contributed by atoms with Gasteiger partial charge < -0.3 is 10.2 Å². The maximum atomic E-state index is 12.9. The van der Waals surface area contributed by atoms with Crippen LogP contribution in [0.15, 0.2) is 54.7 Å². The van der Waals surface area contributed by atoms with Gasteiger partial charge in [0.2, 0.25) is 0 Å². The highest BCUT2D eigenvalue weighted by atomic mass is 16.2. The molecule has 130 valence electrons. The first-order valence-corrected chi connectivity index (χ1v) is 9.23. The molecule has 0 spiro atoms. The number of benzene rings is 1. The zero-order valence-electron chi connectivity index (χ0n) is 14.4. The fourth-order valence-corrected chi connectivity index (χ4v) is 3.63. The summed E-state index contributed by atoms with van der Waals surface area (Å²) in [4.78, 5) is 19.9. The molecular formula is C20H26N4O+2. The van der Waals surface area contributed by atoms with Crippen molar-refractivity contribution in [2.75, 3.05) is 31.1 Å². The monoisotopic (exact) mass is 338 g/mol. The summed E-state index contributed by atoms with van der Waals surface area (Å²) in [6, 6.07) is 16.7. The van der Waals surface area contributed by atoms with Crippen molar-refractivity contribution >= 4 is 11.7 Å². The lowest BCUT2D eigenvalue weighted by Gasteiger charge is -2.33. The van der Waals surface area contributed by atoms with E-state index in [0.717, 1.165) is 50.4 Å². The number of piperazine rings is 1. The number of carbonyl (C=O) groups is 1. The van der Waals surface area contributed by atoms with E-state index in [0.29, 0.717) is 6.04 Å². The number of hydrogen-bond donors (Lipinski definition) is 2. The van der Waals surface area contributed by atoms with E-state index in [1.54, 1.807) is 0 Å². The molecule has 1 amide bonds. The highest BCUT2D eigenvalue weighted by Gasteiger charge is 2.38. The summed E-state index contributed by atoms with van der Waals surface area (Å²) in [6.07, 6.45) is 4.21. The maximum Gasteiger partial charge on any atom is 0.283 e. The van der Waals surface area contributed by atoms with Crippen LogP contribution in [-0.2, 0) is 4.79 Å². The van der Waals surface area contributed by atoms with Crippen LogP contribution in [0.3, 0.4) is 0 Å². The Kier molecular flexibility index (Phi) is 4.65. The average Bonchev–Trinajstić information content (AvgIpc) is 3.48. The summed E-state index contributed by atoms with van der Waals surface area (Å²) in [7, 11) is 0. The third kappa shape index (κ3) is 3.82. The van der Waals surface area contributed by atoms with Gasteiger partial charge in [-0.1, -0.05) is 36.4 Å². The Balaban J connectivity index is 1.47. The average molecular weight is 338 g/mol. The second-order valence-electron chi connectivity index (χ2n) is 7.02. The van der Waals surface area contributed by atoms with E-state index in [4.69, 9.17) is 0 Å². The van der Waals surface area contributed by atoms with Crippen LogP contribution < -0.4 is 20.1 Å². The third-order valence-electron chi connectivity index (χ3n) is 5.17. The van der Waals surface area contributed by atoms with E-state index < -0.39 is 0 Å². The molecule has 0 radical (unpaired) electrons. The maximum absolute atomic E-state index is 12.9. The molecule has 4 rings (SSSR count). The van der Waals surface area contributed by atoms with Crippen LogP contribution in [0.2, 0.25) is 0 Å². The normalized spacial score (nSPS) is 19.4. The molecule has 1 saturated heterocycles. The van der Waals surface area contributed by atoms with E-state index in [2.05, 4.69) is 39.5 Å². The second-order valence-corrected chi connectivity index (χ2v) is 7.02. The number of aromatic nitrogens is 1. The number of H-pyrrole nitrogens is 1. The lowest BCUT2D eigenvalue weighted by Crippen LogP contribution is -3.16. The molecule has 2 aromatic rings. The van der Waals surface area contributed by atoms with Gasteiger partial charge in [0.25, 0.3) is 11.7 Å². The molecule has 1 saturated carbocycles. The molecule has 1 aliphatic carbocycles. The fourth-order valence-electron chi connectivity index (χ4n) is 3.63. The highest BCUT2D eigenvalue weighted by Crippen LogP contribution is 2.20. The van der Waals surface area contributed by atoms with Crippen molar-refractivity contribution in [3.63, 3.8) is 0 Å². The van der Waals surface area contributed by atoms with E-state index >= 15 is 0 Å². The topological polar surface area (TPSA) is 50.9 Å². The summed E-state index contributed by atoms with van der Waals surface area (Å²) >= 11 is 0. The van der Waals surface area contributed by atoms with Crippen LogP contribution in [0, 0.1) is 0 Å². The van der Waals surface area contributed by atoms with Gasteiger partial charge in [0.1, 0.15) is 26.2 Å². The molecule has 0 unspecified atom stereocenters. The summed E-state index contributed by atoms with van der Waals surface area (Å²) in [5, 5.41) is 3.21. The molecule has 2 heterocycles. The lowest BCUT2D eigenvalue weighted by molar-refractivity contribution is -0.922. The van der Waals surface area contributed by atoms with Crippen molar-refractivity contribution < 1.29 is 14.7 Å². The number of quaternary nitrogens is 1. The molecule has 3 N–H and O–H groups in total. The zero-order chi connectivity index (χ0) is 17.1. The number of aromatic amines is 1. The number of rotatable bonds is 5. The first kappa shape index (κ1) is 16.1. The second kappa shape index (κ2) is 7.23. The molecule has 2 aliphatic rings. The molecule has 1 aliphatic heterocycles. The van der Waals surface area contributed by atoms with E-state index in [9.17, 15) is 4.79 Å². The van der Waals surface area contributed by atoms with Crippen LogP contribution >= 0.6 is 0 Å². The lowest BCUT2D eigenvalue weighted by atomic mass is 10.0. The number of nitrogens with one attached hydrogen (secondary N) is 3. The fraction of sp³-hybridized carbons (Fsp3) is 0.400. The Bertz CT molecular complexity index is 694. The van der Waals surface area contributed by atoms with Gasteiger partial charge in [0.15, 0.2) is 6.04 Å². The van der Waals surface area contributed by atoms with Crippen molar-refractivity contribution in [3.8, 4) is 0 Å². The molecule has 5 nitrogen and oxygen atoms in total. The highest BCUT2D eigenvalue weighted by molar-refractivity contribution is 5.82. The van der Waals surface area contributed by atoms with Crippen molar-refractivity contribution in [1.82, 2.24) is 5.32 Å². The minimum Gasteiger partial charge on any atom is -0.348 e. The first-order valence-electron chi connectivity index (χ1n) is 9.23. The molecule has 0 bridgehead atoms. The SMILES string of the molecule is O=C(NC1CC1)[C@@H](c1ccccc1)[NH+]1CCN(c2cccc[nH+]2)CC1. The standard InChI is InChI=1S/C20H24N4O/c25-20(22-17-9-10-17)19(16-6-2-1-3-7-16)24-14-12-23(13-15-24)18-8-4-5-11-21-18/h1-8,11,17,19H,9-10,12-15H2,(H,22,25)/p+2/t19-/m1/s1. The molecule has 2 fully saturated rings. The quantitative estimate of drug-likeness (QED) is 0.820. The van der Waals surface area contributed by atoms with Crippen LogP contribution in [-0.4, -0.2) is 38.1 Å². The predicted octanol–water partition coefficient (Wildman–Crippen LogP) is 0.226. The summed E-state index contributed by atoms with van der Waals surface area (Å²) < 4.78 is 0. The number of hydrogen-bond acceptors (Lipinski definition) is 2. The first-order chi connectivity index (χ1) is 12.3. The van der Waals surface area contributed by atoms with Gasteiger partial charge in [-0.2, -0.15) is 0 Å². The van der Waals surface area contributed by atoms with Crippen molar-refractivity contribution in [2.45, 2.75) is 24.9 Å². The molecule has 1 atom stereocenters. The smallest absolute Gasteiger partial charge is 0.283 e. The largest absolute Gasteiger partial charge is 0.348 e. The molecular weight excluding hydrogens is 312 g/mol. The zero-order valence-corrected chi connectivity index (χ0v) is 14.4. The van der Waals surface area contributed by atoms with Crippen LogP contribution in [0.1, 0.15) is 24.4 Å². The Labute approximate surface area is 148 Å². The molecule has 25 heavy (non-hydrogen) atoms. The summed E-state index contributed by atoms with van der Waals surface area (Å²) in [6.45, 7) is 3.83. The van der Waals surface area contributed by atoms with Gasteiger partial charge in [0.05, 0.1) is 6.20 Å². The number of amides is 1. The predicted molar refractivity (Wildman–Crippen MR) is 96.3 cm³/mol. The van der Waals surface area contributed by atoms with Crippen molar-refractivity contribution in [2.24, 2.45) is 0 Å². The number of carbonyl (C=O) groups excluding carboxylic acids is 1. The minimum atomic E-state index is -0.108. The van der Waals surface area contributed by atoms with Gasteiger partial charge in [-0.15, -0.1) is 0 Å². The number of anilines is 1. The van der Waals surface area contributed by atoms with Gasteiger partial charge in [-0.05, 0) is 18.9 Å². The summed E-state index contributed by atoms with van der Waals surface area (Å²) in [5.41, 5.74) is 1.12. The number of nitrogens with zero attached hydrogens (tertiary/aromatic N) is 1. The van der Waals surface area contributed by atoms with Crippen LogP contribution in [0.5, 0.6) is 0 Å². The molecule has 5 heteroatoms. The van der Waals surface area contributed by atoms with Crippen LogP contribution in [0.4, 0.5) is 5.82 Å². The van der Waals surface area contributed by atoms with Crippen molar-refractivity contribution in [3.05, 3.63) is 60.3 Å². The van der Waals surface area contributed by atoms with Gasteiger partial charge >= 0.3 is 0 Å². The summed E-state index contributed by atoms with van der Waals surface area (Å²) in [5.74, 6) is 1.34. The Morgan fingerprint density at radius 2 is 1.80 bits per heavy atom. The third-order valence-corrected chi connectivity index (χ3v) is 5.17. The minimum absolute atomic E-state index is 0.108. The number of pyridine rings is 1. The van der Waals surface area contributed by atoms with Gasteiger partial charge in [0, 0.05) is 17.7 Å². The Morgan fingerprint density at radius 1 is 1.08 bits per heavy atom. The van der Waals surface area contributed by atoms with Crippen LogP contribution in [0.25, 0.3) is 0 Å². The van der Waals surface area contributed by atoms with Gasteiger partial charge in [-0.3, -0.25) is 9.69 Å². The Morgan fingerprint density at radius 3 is 2.44 bits per heavy atom. The Hall–Kier alpha value is -2.40. The molecule has 1 aromatic carbocycles. The van der Waals surface area contributed by atoms with E-state index in [1.165, 1.54) is 4.90 Å². The van der Waals surface area contributed by atoms with E-state index in [-0.39, 0.29) is 11.9 Å². The molecule has 1 aromatic heterocycles.